The first kappa shape index (κ1) is 10.8. The number of carbonyl (C=O) groups is 1. The highest BCUT2D eigenvalue weighted by Gasteiger charge is 1.99. The van der Waals surface area contributed by atoms with Gasteiger partial charge in [0.15, 0.2) is 0 Å². The molecular weight excluding hydrogens is 180 g/mol. The number of rotatable bonds is 6. The van der Waals surface area contributed by atoms with Crippen LogP contribution in [0, 0.1) is 0 Å². The molecule has 4 nitrogen and oxygen atoms in total. The quantitative estimate of drug-likeness (QED) is 0.702. The molecule has 1 aromatic rings. The van der Waals surface area contributed by atoms with E-state index in [0.29, 0.717) is 6.42 Å². The first-order valence-electron chi connectivity index (χ1n) is 4.98. The summed E-state index contributed by atoms with van der Waals surface area (Å²) in [4.78, 5) is 11.1. The molecule has 1 rings (SSSR count). The SMILES string of the molecule is CCCC(=O)NCCCc1cnoc1. The van der Waals surface area contributed by atoms with E-state index in [4.69, 9.17) is 4.52 Å². The molecule has 1 heterocycles. The zero-order valence-electron chi connectivity index (χ0n) is 8.45. The zero-order valence-corrected chi connectivity index (χ0v) is 8.45. The highest BCUT2D eigenvalue weighted by atomic mass is 16.5. The van der Waals surface area contributed by atoms with E-state index in [9.17, 15) is 4.79 Å². The van der Waals surface area contributed by atoms with Crippen LogP contribution in [0.4, 0.5) is 0 Å². The Balaban J connectivity index is 2.02. The molecule has 14 heavy (non-hydrogen) atoms. The molecule has 4 heteroatoms. The Kier molecular flexibility index (Phi) is 4.75. The molecular formula is C10H16N2O2. The predicted octanol–water partition coefficient (Wildman–Crippen LogP) is 1.52. The van der Waals surface area contributed by atoms with Crippen molar-refractivity contribution in [2.45, 2.75) is 32.6 Å². The van der Waals surface area contributed by atoms with Gasteiger partial charge in [-0.25, -0.2) is 0 Å². The molecule has 0 aromatic carbocycles. The van der Waals surface area contributed by atoms with Crippen molar-refractivity contribution >= 4 is 5.91 Å². The molecule has 0 aliphatic carbocycles. The Bertz CT molecular complexity index is 257. The summed E-state index contributed by atoms with van der Waals surface area (Å²) in [6.07, 6.45) is 6.68. The monoisotopic (exact) mass is 196 g/mol. The molecule has 0 fully saturated rings. The largest absolute Gasteiger partial charge is 0.364 e. The summed E-state index contributed by atoms with van der Waals surface area (Å²) in [5, 5.41) is 6.46. The van der Waals surface area contributed by atoms with Crippen LogP contribution in [0.1, 0.15) is 31.7 Å². The standard InChI is InChI=1S/C10H16N2O2/c1-2-4-10(13)11-6-3-5-9-7-12-14-8-9/h7-8H,2-6H2,1H3,(H,11,13). The van der Waals surface area contributed by atoms with Crippen molar-refractivity contribution in [1.82, 2.24) is 10.5 Å². The maximum atomic E-state index is 11.1. The molecule has 0 radical (unpaired) electrons. The predicted molar refractivity (Wildman–Crippen MR) is 52.7 cm³/mol. The highest BCUT2D eigenvalue weighted by molar-refractivity contribution is 5.75. The number of aryl methyl sites for hydroxylation is 1. The number of nitrogens with one attached hydrogen (secondary N) is 1. The lowest BCUT2D eigenvalue weighted by atomic mass is 10.2. The van der Waals surface area contributed by atoms with E-state index in [-0.39, 0.29) is 5.91 Å². The minimum absolute atomic E-state index is 0.137. The topological polar surface area (TPSA) is 55.1 Å². The van der Waals surface area contributed by atoms with Crippen LogP contribution in [0.15, 0.2) is 17.0 Å². The first-order chi connectivity index (χ1) is 6.83. The molecule has 1 amide bonds. The zero-order chi connectivity index (χ0) is 10.2. The normalized spacial score (nSPS) is 10.1. The molecule has 0 unspecified atom stereocenters. The van der Waals surface area contributed by atoms with E-state index in [0.717, 1.165) is 31.4 Å². The van der Waals surface area contributed by atoms with Gasteiger partial charge in [-0.15, -0.1) is 0 Å². The molecule has 0 bridgehead atoms. The lowest BCUT2D eigenvalue weighted by Crippen LogP contribution is -2.24. The minimum atomic E-state index is 0.137. The Hall–Kier alpha value is -1.32. The lowest BCUT2D eigenvalue weighted by molar-refractivity contribution is -0.121. The fraction of sp³-hybridized carbons (Fsp3) is 0.600. The van der Waals surface area contributed by atoms with Crippen molar-refractivity contribution in [1.29, 1.82) is 0 Å². The van der Waals surface area contributed by atoms with E-state index in [1.165, 1.54) is 0 Å². The molecule has 78 valence electrons. The van der Waals surface area contributed by atoms with Gasteiger partial charge in [-0.3, -0.25) is 4.79 Å². The van der Waals surface area contributed by atoms with Gasteiger partial charge in [0.1, 0.15) is 6.26 Å². The van der Waals surface area contributed by atoms with E-state index < -0.39 is 0 Å². The van der Waals surface area contributed by atoms with Gasteiger partial charge < -0.3 is 9.84 Å². The number of amides is 1. The van der Waals surface area contributed by atoms with Crippen molar-refractivity contribution in [2.75, 3.05) is 6.54 Å². The minimum Gasteiger partial charge on any atom is -0.364 e. The van der Waals surface area contributed by atoms with Gasteiger partial charge in [-0.2, -0.15) is 0 Å². The summed E-state index contributed by atoms with van der Waals surface area (Å²) in [5.41, 5.74) is 1.08. The van der Waals surface area contributed by atoms with Gasteiger partial charge in [-0.1, -0.05) is 12.1 Å². The average Bonchev–Trinajstić information content (AvgIpc) is 2.65. The van der Waals surface area contributed by atoms with Crippen LogP contribution in [0.25, 0.3) is 0 Å². The summed E-state index contributed by atoms with van der Waals surface area (Å²) in [6.45, 7) is 2.72. The summed E-state index contributed by atoms with van der Waals surface area (Å²) in [6, 6.07) is 0. The van der Waals surface area contributed by atoms with E-state index >= 15 is 0 Å². The van der Waals surface area contributed by atoms with Crippen molar-refractivity contribution in [2.24, 2.45) is 0 Å². The fourth-order valence-corrected chi connectivity index (χ4v) is 1.19. The number of aromatic nitrogens is 1. The second-order valence-electron chi connectivity index (χ2n) is 3.24. The molecule has 1 N–H and O–H groups in total. The summed E-state index contributed by atoms with van der Waals surface area (Å²) in [7, 11) is 0. The Morgan fingerprint density at radius 1 is 1.64 bits per heavy atom. The van der Waals surface area contributed by atoms with Crippen molar-refractivity contribution < 1.29 is 9.32 Å². The number of carbonyl (C=O) groups excluding carboxylic acids is 1. The molecule has 0 atom stereocenters. The first-order valence-corrected chi connectivity index (χ1v) is 4.98. The number of hydrogen-bond acceptors (Lipinski definition) is 3. The fourth-order valence-electron chi connectivity index (χ4n) is 1.19. The second kappa shape index (κ2) is 6.18. The number of nitrogens with zero attached hydrogens (tertiary/aromatic N) is 1. The van der Waals surface area contributed by atoms with Crippen LogP contribution < -0.4 is 5.32 Å². The van der Waals surface area contributed by atoms with Crippen LogP contribution in [0.5, 0.6) is 0 Å². The lowest BCUT2D eigenvalue weighted by Gasteiger charge is -2.02. The Morgan fingerprint density at radius 2 is 2.50 bits per heavy atom. The molecule has 0 spiro atoms. The molecule has 1 aromatic heterocycles. The van der Waals surface area contributed by atoms with Crippen LogP contribution in [-0.4, -0.2) is 17.6 Å². The summed E-state index contributed by atoms with van der Waals surface area (Å²) >= 11 is 0. The van der Waals surface area contributed by atoms with Gasteiger partial charge in [0, 0.05) is 18.5 Å². The summed E-state index contributed by atoms with van der Waals surface area (Å²) in [5.74, 6) is 0.137. The highest BCUT2D eigenvalue weighted by Crippen LogP contribution is 1.99. The maximum Gasteiger partial charge on any atom is 0.219 e. The van der Waals surface area contributed by atoms with Gasteiger partial charge >= 0.3 is 0 Å². The smallest absolute Gasteiger partial charge is 0.219 e. The molecule has 0 aliphatic heterocycles. The van der Waals surface area contributed by atoms with E-state index in [2.05, 4.69) is 10.5 Å². The van der Waals surface area contributed by atoms with E-state index in [1.807, 2.05) is 6.92 Å². The van der Waals surface area contributed by atoms with Gasteiger partial charge in [0.2, 0.25) is 5.91 Å². The third-order valence-corrected chi connectivity index (χ3v) is 1.92. The van der Waals surface area contributed by atoms with Gasteiger partial charge in [-0.05, 0) is 19.3 Å². The Morgan fingerprint density at radius 3 is 3.14 bits per heavy atom. The molecule has 0 saturated carbocycles. The summed E-state index contributed by atoms with van der Waals surface area (Å²) < 4.78 is 4.69. The van der Waals surface area contributed by atoms with Gasteiger partial charge in [0.05, 0.1) is 6.20 Å². The third kappa shape index (κ3) is 4.07. The third-order valence-electron chi connectivity index (χ3n) is 1.92. The molecule has 0 saturated heterocycles. The van der Waals surface area contributed by atoms with Crippen LogP contribution in [-0.2, 0) is 11.2 Å². The van der Waals surface area contributed by atoms with Crippen molar-refractivity contribution in [3.63, 3.8) is 0 Å². The van der Waals surface area contributed by atoms with Gasteiger partial charge in [0.25, 0.3) is 0 Å². The van der Waals surface area contributed by atoms with Crippen LogP contribution >= 0.6 is 0 Å². The second-order valence-corrected chi connectivity index (χ2v) is 3.24. The van der Waals surface area contributed by atoms with Crippen LogP contribution in [0.2, 0.25) is 0 Å². The number of hydrogen-bond donors (Lipinski definition) is 1. The Labute approximate surface area is 83.7 Å². The van der Waals surface area contributed by atoms with Crippen molar-refractivity contribution in [3.8, 4) is 0 Å². The van der Waals surface area contributed by atoms with Crippen LogP contribution in [0.3, 0.4) is 0 Å². The maximum absolute atomic E-state index is 11.1. The van der Waals surface area contributed by atoms with E-state index in [1.54, 1.807) is 12.5 Å². The molecule has 0 aliphatic rings. The van der Waals surface area contributed by atoms with Crippen molar-refractivity contribution in [3.05, 3.63) is 18.0 Å². The average molecular weight is 196 g/mol.